The molecule has 5 heteroatoms. The summed E-state index contributed by atoms with van der Waals surface area (Å²) in [5, 5.41) is 3.43. The molecule has 0 spiro atoms. The van der Waals surface area contributed by atoms with Crippen LogP contribution in [-0.4, -0.2) is 38.4 Å². The second-order valence-electron chi connectivity index (χ2n) is 5.40. The van der Waals surface area contributed by atoms with Gasteiger partial charge in [0.1, 0.15) is 0 Å². The Kier molecular flexibility index (Phi) is 5.18. The maximum Gasteiger partial charge on any atom is 0.243 e. The Labute approximate surface area is 122 Å². The SMILES string of the molecule is CCNC(C)C1CCN(S(=O)(=O)c2ccccc2)CC1. The first kappa shape index (κ1) is 15.5. The maximum absolute atomic E-state index is 12.5. The van der Waals surface area contributed by atoms with E-state index in [1.807, 2.05) is 6.07 Å². The van der Waals surface area contributed by atoms with Crippen LogP contribution in [-0.2, 0) is 10.0 Å². The molecular formula is C15H24N2O2S. The van der Waals surface area contributed by atoms with Crippen LogP contribution in [0.3, 0.4) is 0 Å². The van der Waals surface area contributed by atoms with Crippen molar-refractivity contribution in [3.63, 3.8) is 0 Å². The molecule has 20 heavy (non-hydrogen) atoms. The number of nitrogens with zero attached hydrogens (tertiary/aromatic N) is 1. The quantitative estimate of drug-likeness (QED) is 0.905. The lowest BCUT2D eigenvalue weighted by molar-refractivity contribution is 0.233. The van der Waals surface area contributed by atoms with E-state index in [1.165, 1.54) is 0 Å². The van der Waals surface area contributed by atoms with Crippen molar-refractivity contribution in [2.24, 2.45) is 5.92 Å². The molecule has 1 atom stereocenters. The summed E-state index contributed by atoms with van der Waals surface area (Å²) in [5.74, 6) is 0.567. The van der Waals surface area contributed by atoms with Crippen LogP contribution in [0.5, 0.6) is 0 Å². The third-order valence-electron chi connectivity index (χ3n) is 4.11. The first-order valence-corrected chi connectivity index (χ1v) is 8.78. The van der Waals surface area contributed by atoms with Crippen LogP contribution < -0.4 is 5.32 Å². The van der Waals surface area contributed by atoms with Crippen molar-refractivity contribution < 1.29 is 8.42 Å². The number of piperidine rings is 1. The summed E-state index contributed by atoms with van der Waals surface area (Å²) in [6.07, 6.45) is 1.86. The molecule has 1 saturated heterocycles. The third kappa shape index (κ3) is 3.40. The van der Waals surface area contributed by atoms with E-state index in [0.717, 1.165) is 19.4 Å². The monoisotopic (exact) mass is 296 g/mol. The third-order valence-corrected chi connectivity index (χ3v) is 6.03. The highest BCUT2D eigenvalue weighted by Crippen LogP contribution is 2.25. The van der Waals surface area contributed by atoms with Gasteiger partial charge < -0.3 is 5.32 Å². The smallest absolute Gasteiger partial charge is 0.243 e. The van der Waals surface area contributed by atoms with Gasteiger partial charge in [0.05, 0.1) is 4.90 Å². The van der Waals surface area contributed by atoms with Crippen LogP contribution >= 0.6 is 0 Å². The van der Waals surface area contributed by atoms with Crippen molar-refractivity contribution in [3.8, 4) is 0 Å². The molecule has 0 aromatic heterocycles. The van der Waals surface area contributed by atoms with Crippen molar-refractivity contribution in [3.05, 3.63) is 30.3 Å². The Morgan fingerprint density at radius 3 is 2.40 bits per heavy atom. The largest absolute Gasteiger partial charge is 0.314 e. The molecule has 2 rings (SSSR count). The van der Waals surface area contributed by atoms with Gasteiger partial charge in [-0.2, -0.15) is 4.31 Å². The lowest BCUT2D eigenvalue weighted by atomic mass is 9.91. The van der Waals surface area contributed by atoms with E-state index >= 15 is 0 Å². The molecule has 0 bridgehead atoms. The van der Waals surface area contributed by atoms with Gasteiger partial charge in [-0.05, 0) is 44.4 Å². The molecule has 4 nitrogen and oxygen atoms in total. The van der Waals surface area contributed by atoms with Crippen LogP contribution in [0.25, 0.3) is 0 Å². The van der Waals surface area contributed by atoms with E-state index in [1.54, 1.807) is 28.6 Å². The normalized spacial score (nSPS) is 19.9. The molecule has 1 fully saturated rings. The molecule has 1 aliphatic rings. The molecule has 0 radical (unpaired) electrons. The number of hydrogen-bond acceptors (Lipinski definition) is 3. The van der Waals surface area contributed by atoms with Gasteiger partial charge in [-0.1, -0.05) is 25.1 Å². The standard InChI is InChI=1S/C15H24N2O2S/c1-3-16-13(2)14-9-11-17(12-10-14)20(18,19)15-7-5-4-6-8-15/h4-8,13-14,16H,3,9-12H2,1-2H3. The molecule has 1 aliphatic heterocycles. The first-order valence-electron chi connectivity index (χ1n) is 7.34. The Morgan fingerprint density at radius 1 is 1.25 bits per heavy atom. The molecule has 112 valence electrons. The number of nitrogens with one attached hydrogen (secondary N) is 1. The van der Waals surface area contributed by atoms with Gasteiger partial charge in [0.2, 0.25) is 10.0 Å². The van der Waals surface area contributed by atoms with E-state index in [4.69, 9.17) is 0 Å². The average Bonchev–Trinajstić information content (AvgIpc) is 2.48. The molecule has 1 heterocycles. The number of benzene rings is 1. The molecule has 1 aromatic rings. The Bertz CT molecular complexity index is 508. The van der Waals surface area contributed by atoms with E-state index in [9.17, 15) is 8.42 Å². The van der Waals surface area contributed by atoms with Crippen molar-refractivity contribution in [1.82, 2.24) is 9.62 Å². The fourth-order valence-corrected chi connectivity index (χ4v) is 4.34. The molecule has 0 amide bonds. The molecular weight excluding hydrogens is 272 g/mol. The van der Waals surface area contributed by atoms with Crippen molar-refractivity contribution >= 4 is 10.0 Å². The predicted octanol–water partition coefficient (Wildman–Crippen LogP) is 2.09. The fraction of sp³-hybridized carbons (Fsp3) is 0.600. The summed E-state index contributed by atoms with van der Waals surface area (Å²) in [7, 11) is -3.31. The predicted molar refractivity (Wildman–Crippen MR) is 81.1 cm³/mol. The minimum Gasteiger partial charge on any atom is -0.314 e. The van der Waals surface area contributed by atoms with E-state index < -0.39 is 10.0 Å². The van der Waals surface area contributed by atoms with Gasteiger partial charge in [-0.25, -0.2) is 8.42 Å². The summed E-state index contributed by atoms with van der Waals surface area (Å²) in [6.45, 7) is 6.50. The van der Waals surface area contributed by atoms with Gasteiger partial charge in [-0.3, -0.25) is 0 Å². The average molecular weight is 296 g/mol. The van der Waals surface area contributed by atoms with Crippen LogP contribution in [0.15, 0.2) is 35.2 Å². The fourth-order valence-electron chi connectivity index (χ4n) is 2.85. The zero-order chi connectivity index (χ0) is 14.6. The van der Waals surface area contributed by atoms with Crippen LogP contribution in [0, 0.1) is 5.92 Å². The zero-order valence-corrected chi connectivity index (χ0v) is 13.1. The van der Waals surface area contributed by atoms with E-state index in [-0.39, 0.29) is 0 Å². The second-order valence-corrected chi connectivity index (χ2v) is 7.34. The topological polar surface area (TPSA) is 49.4 Å². The van der Waals surface area contributed by atoms with Gasteiger partial charge in [-0.15, -0.1) is 0 Å². The lowest BCUT2D eigenvalue weighted by Gasteiger charge is -2.34. The molecule has 1 aromatic carbocycles. The van der Waals surface area contributed by atoms with Crippen LogP contribution in [0.4, 0.5) is 0 Å². The lowest BCUT2D eigenvalue weighted by Crippen LogP contribution is -2.44. The molecule has 0 aliphatic carbocycles. The molecule has 0 saturated carbocycles. The van der Waals surface area contributed by atoms with Crippen molar-refractivity contribution in [2.75, 3.05) is 19.6 Å². The van der Waals surface area contributed by atoms with E-state index in [0.29, 0.717) is 29.9 Å². The Balaban J connectivity index is 2.00. The minimum absolute atomic E-state index is 0.401. The number of rotatable bonds is 5. The van der Waals surface area contributed by atoms with Gasteiger partial charge in [0, 0.05) is 19.1 Å². The maximum atomic E-state index is 12.5. The summed E-state index contributed by atoms with van der Waals surface area (Å²) < 4.78 is 26.6. The summed E-state index contributed by atoms with van der Waals surface area (Å²) in [4.78, 5) is 0.401. The Morgan fingerprint density at radius 2 is 1.85 bits per heavy atom. The first-order chi connectivity index (χ1) is 9.55. The van der Waals surface area contributed by atoms with Gasteiger partial charge >= 0.3 is 0 Å². The van der Waals surface area contributed by atoms with E-state index in [2.05, 4.69) is 19.2 Å². The van der Waals surface area contributed by atoms with Crippen molar-refractivity contribution in [2.45, 2.75) is 37.6 Å². The zero-order valence-electron chi connectivity index (χ0n) is 12.2. The summed E-state index contributed by atoms with van der Waals surface area (Å²) in [5.41, 5.74) is 0. The van der Waals surface area contributed by atoms with Gasteiger partial charge in [0.25, 0.3) is 0 Å². The highest BCUT2D eigenvalue weighted by Gasteiger charge is 2.30. The highest BCUT2D eigenvalue weighted by atomic mass is 32.2. The van der Waals surface area contributed by atoms with Crippen LogP contribution in [0.2, 0.25) is 0 Å². The minimum atomic E-state index is -3.31. The molecule has 1 N–H and O–H groups in total. The number of hydrogen-bond donors (Lipinski definition) is 1. The Hall–Kier alpha value is -0.910. The van der Waals surface area contributed by atoms with Crippen LogP contribution in [0.1, 0.15) is 26.7 Å². The highest BCUT2D eigenvalue weighted by molar-refractivity contribution is 7.89. The van der Waals surface area contributed by atoms with Crippen molar-refractivity contribution in [1.29, 1.82) is 0 Å². The summed E-state index contributed by atoms with van der Waals surface area (Å²) >= 11 is 0. The number of sulfonamides is 1. The summed E-state index contributed by atoms with van der Waals surface area (Å²) in [6, 6.07) is 9.18. The van der Waals surface area contributed by atoms with Gasteiger partial charge in [0.15, 0.2) is 0 Å². The molecule has 1 unspecified atom stereocenters. The second kappa shape index (κ2) is 6.70.